The normalized spacial score (nSPS) is 26.5. The lowest BCUT2D eigenvalue weighted by Crippen LogP contribution is -2.50. The van der Waals surface area contributed by atoms with Gasteiger partial charge < -0.3 is 4.74 Å². The Hall–Kier alpha value is -1.65. The fraction of sp³-hybridized carbons (Fsp3) is 0.400. The maximum absolute atomic E-state index is 12.6. The lowest BCUT2D eigenvalue weighted by Gasteiger charge is -2.41. The number of nitrogens with zero attached hydrogens (tertiary/aromatic N) is 1. The highest BCUT2D eigenvalue weighted by molar-refractivity contribution is 5.82. The second kappa shape index (κ2) is 5.15. The van der Waals surface area contributed by atoms with Crippen molar-refractivity contribution >= 4 is 5.91 Å². The van der Waals surface area contributed by atoms with E-state index in [0.29, 0.717) is 0 Å². The molecule has 1 aromatic carbocycles. The standard InChI is InChI=1S/C15H17NO3/c1-18-14(11-5-3-2-4-6-11)15(17)16-12-7-9-13(19-16)10-8-12/h2-7,9,12-14H,8,10H2,1H3/t12-,13+,14+/m1/s1. The summed E-state index contributed by atoms with van der Waals surface area (Å²) in [5.74, 6) is -0.132. The van der Waals surface area contributed by atoms with E-state index in [1.54, 1.807) is 7.11 Å². The molecule has 19 heavy (non-hydrogen) atoms. The minimum absolute atomic E-state index is 0.0298. The van der Waals surface area contributed by atoms with Gasteiger partial charge in [-0.2, -0.15) is 0 Å². The SMILES string of the molecule is CO[C@H](C(=O)N1O[C@H]2C=C[C@@H]1CC2)c1ccccc1. The first kappa shape index (κ1) is 12.4. The van der Waals surface area contributed by atoms with Crippen LogP contribution in [-0.2, 0) is 14.4 Å². The minimum atomic E-state index is -0.603. The maximum atomic E-state index is 12.6. The molecule has 1 fully saturated rings. The third-order valence-electron chi connectivity index (χ3n) is 3.62. The smallest absolute Gasteiger partial charge is 0.280 e. The Balaban J connectivity index is 1.81. The van der Waals surface area contributed by atoms with Gasteiger partial charge in [0.1, 0.15) is 6.10 Å². The largest absolute Gasteiger partial charge is 0.367 e. The van der Waals surface area contributed by atoms with E-state index in [1.165, 1.54) is 5.06 Å². The average molecular weight is 259 g/mol. The van der Waals surface area contributed by atoms with Crippen LogP contribution in [0.2, 0.25) is 0 Å². The quantitative estimate of drug-likeness (QED) is 0.781. The molecule has 4 rings (SSSR count). The lowest BCUT2D eigenvalue weighted by molar-refractivity contribution is -0.237. The van der Waals surface area contributed by atoms with Crippen LogP contribution in [0.1, 0.15) is 24.5 Å². The van der Waals surface area contributed by atoms with Gasteiger partial charge in [0.2, 0.25) is 0 Å². The molecule has 3 aliphatic rings. The fourth-order valence-corrected chi connectivity index (χ4v) is 2.63. The van der Waals surface area contributed by atoms with Crippen molar-refractivity contribution in [1.82, 2.24) is 5.06 Å². The third-order valence-corrected chi connectivity index (χ3v) is 3.62. The zero-order valence-electron chi connectivity index (χ0n) is 10.9. The van der Waals surface area contributed by atoms with Crippen molar-refractivity contribution in [3.05, 3.63) is 48.0 Å². The number of hydroxylamine groups is 2. The first-order valence-electron chi connectivity index (χ1n) is 6.55. The molecule has 2 heterocycles. The monoisotopic (exact) mass is 259 g/mol. The van der Waals surface area contributed by atoms with Gasteiger partial charge in [0.25, 0.3) is 5.91 Å². The molecule has 0 N–H and O–H groups in total. The van der Waals surface area contributed by atoms with Crippen molar-refractivity contribution in [2.75, 3.05) is 7.11 Å². The fourth-order valence-electron chi connectivity index (χ4n) is 2.63. The Kier molecular flexibility index (Phi) is 3.36. The predicted molar refractivity (Wildman–Crippen MR) is 70.1 cm³/mol. The van der Waals surface area contributed by atoms with E-state index in [-0.39, 0.29) is 18.1 Å². The molecule has 1 aliphatic carbocycles. The van der Waals surface area contributed by atoms with Crippen molar-refractivity contribution in [3.63, 3.8) is 0 Å². The molecule has 2 aliphatic heterocycles. The molecule has 0 unspecified atom stereocenters. The summed E-state index contributed by atoms with van der Waals surface area (Å²) >= 11 is 0. The van der Waals surface area contributed by atoms with Crippen LogP contribution < -0.4 is 0 Å². The van der Waals surface area contributed by atoms with Crippen LogP contribution in [0, 0.1) is 0 Å². The Morgan fingerprint density at radius 1 is 1.32 bits per heavy atom. The van der Waals surface area contributed by atoms with Crippen molar-refractivity contribution in [1.29, 1.82) is 0 Å². The molecule has 1 aromatic rings. The van der Waals surface area contributed by atoms with Gasteiger partial charge in [0, 0.05) is 7.11 Å². The van der Waals surface area contributed by atoms with E-state index in [4.69, 9.17) is 9.57 Å². The summed E-state index contributed by atoms with van der Waals surface area (Å²) in [5, 5.41) is 1.48. The average Bonchev–Trinajstić information content (AvgIpc) is 2.50. The van der Waals surface area contributed by atoms with E-state index in [9.17, 15) is 4.79 Å². The molecule has 1 saturated heterocycles. The van der Waals surface area contributed by atoms with Crippen LogP contribution in [0.15, 0.2) is 42.5 Å². The second-order valence-electron chi connectivity index (χ2n) is 4.86. The molecular weight excluding hydrogens is 242 g/mol. The summed E-state index contributed by atoms with van der Waals surface area (Å²) in [7, 11) is 1.55. The van der Waals surface area contributed by atoms with Crippen molar-refractivity contribution in [2.45, 2.75) is 31.1 Å². The van der Waals surface area contributed by atoms with Crippen molar-refractivity contribution in [2.24, 2.45) is 0 Å². The Labute approximate surface area is 112 Å². The summed E-state index contributed by atoms with van der Waals surface area (Å²) in [6, 6.07) is 9.55. The summed E-state index contributed by atoms with van der Waals surface area (Å²) in [4.78, 5) is 18.2. The van der Waals surface area contributed by atoms with Gasteiger partial charge in [-0.1, -0.05) is 42.5 Å². The van der Waals surface area contributed by atoms with Crippen LogP contribution in [0.3, 0.4) is 0 Å². The lowest BCUT2D eigenvalue weighted by atomic mass is 9.97. The third kappa shape index (κ3) is 2.29. The van der Waals surface area contributed by atoms with Gasteiger partial charge in [-0.15, -0.1) is 0 Å². The number of methoxy groups -OCH3 is 1. The summed E-state index contributed by atoms with van der Waals surface area (Å²) in [6.07, 6.45) is 5.44. The predicted octanol–water partition coefficient (Wildman–Crippen LogP) is 2.24. The molecule has 3 atom stereocenters. The van der Waals surface area contributed by atoms with Crippen LogP contribution in [0.4, 0.5) is 0 Å². The number of fused-ring (bicyclic) bond motifs is 2. The highest BCUT2D eigenvalue weighted by Gasteiger charge is 2.37. The molecule has 4 nitrogen and oxygen atoms in total. The summed E-state index contributed by atoms with van der Waals surface area (Å²) in [5.41, 5.74) is 0.851. The Morgan fingerprint density at radius 3 is 2.63 bits per heavy atom. The number of benzene rings is 1. The molecule has 0 aromatic heterocycles. The number of carbonyl (C=O) groups is 1. The Morgan fingerprint density at radius 2 is 2.11 bits per heavy atom. The molecule has 2 bridgehead atoms. The van der Waals surface area contributed by atoms with Gasteiger partial charge in [-0.05, 0) is 18.4 Å². The Bertz CT molecular complexity index is 485. The highest BCUT2D eigenvalue weighted by Crippen LogP contribution is 2.30. The molecule has 0 saturated carbocycles. The van der Waals surface area contributed by atoms with Crippen LogP contribution in [0.25, 0.3) is 0 Å². The van der Waals surface area contributed by atoms with Gasteiger partial charge in [0.15, 0.2) is 6.10 Å². The van der Waals surface area contributed by atoms with Gasteiger partial charge in [-0.3, -0.25) is 9.63 Å². The van der Waals surface area contributed by atoms with Crippen LogP contribution in [-0.4, -0.2) is 30.2 Å². The topological polar surface area (TPSA) is 38.8 Å². The molecule has 0 spiro atoms. The van der Waals surface area contributed by atoms with Crippen molar-refractivity contribution < 1.29 is 14.4 Å². The van der Waals surface area contributed by atoms with E-state index >= 15 is 0 Å². The molecule has 100 valence electrons. The highest BCUT2D eigenvalue weighted by atomic mass is 16.7. The number of ether oxygens (including phenoxy) is 1. The number of hydrogen-bond acceptors (Lipinski definition) is 3. The van der Waals surface area contributed by atoms with Crippen LogP contribution in [0.5, 0.6) is 0 Å². The number of hydrogen-bond donors (Lipinski definition) is 0. The summed E-state index contributed by atoms with van der Waals surface area (Å²) < 4.78 is 5.36. The van der Waals surface area contributed by atoms with Crippen LogP contribution >= 0.6 is 0 Å². The molecular formula is C15H17NO3. The second-order valence-corrected chi connectivity index (χ2v) is 4.86. The maximum Gasteiger partial charge on any atom is 0.280 e. The molecule has 1 amide bonds. The number of carbonyl (C=O) groups excluding carboxylic acids is 1. The minimum Gasteiger partial charge on any atom is -0.367 e. The van der Waals surface area contributed by atoms with Gasteiger partial charge in [0.05, 0.1) is 6.04 Å². The molecule has 4 heteroatoms. The van der Waals surface area contributed by atoms with Crippen molar-refractivity contribution in [3.8, 4) is 0 Å². The number of rotatable bonds is 3. The zero-order chi connectivity index (χ0) is 13.2. The van der Waals surface area contributed by atoms with Gasteiger partial charge >= 0.3 is 0 Å². The van der Waals surface area contributed by atoms with E-state index in [1.807, 2.05) is 42.5 Å². The van der Waals surface area contributed by atoms with Gasteiger partial charge in [-0.25, -0.2) is 5.06 Å². The first-order chi connectivity index (χ1) is 9.29. The van der Waals surface area contributed by atoms with E-state index in [0.717, 1.165) is 18.4 Å². The van der Waals surface area contributed by atoms with E-state index < -0.39 is 6.10 Å². The molecule has 0 radical (unpaired) electrons. The van der Waals surface area contributed by atoms with E-state index in [2.05, 4.69) is 0 Å². The summed E-state index contributed by atoms with van der Waals surface area (Å²) in [6.45, 7) is 0. The first-order valence-corrected chi connectivity index (χ1v) is 6.55. The number of amides is 1. The zero-order valence-corrected chi connectivity index (χ0v) is 10.9.